The summed E-state index contributed by atoms with van der Waals surface area (Å²) in [7, 11) is 0. The number of hydrogen-bond donors (Lipinski definition) is 2. The van der Waals surface area contributed by atoms with Crippen molar-refractivity contribution in [1.82, 2.24) is 15.0 Å². The van der Waals surface area contributed by atoms with E-state index in [1.54, 1.807) is 22.9 Å². The van der Waals surface area contributed by atoms with Gasteiger partial charge in [-0.3, -0.25) is 4.79 Å². The Bertz CT molecular complexity index is 1400. The standard InChI is InChI=1S/C27H26ClF2N5O/c1-3-4-18(31)12-20-15-35(34-33-20)21-8-5-16(2)23(14-21)27(36)22-9-7-19(13-24(22)28)32-26-10-6-17(29)11-25(26)30/h5-11,13-15,18,32H,3-4,12,31H2,1-2H3. The Morgan fingerprint density at radius 3 is 2.64 bits per heavy atom. The lowest BCUT2D eigenvalue weighted by atomic mass is 9.98. The van der Waals surface area contributed by atoms with Crippen molar-refractivity contribution in [2.24, 2.45) is 5.73 Å². The first-order valence-electron chi connectivity index (χ1n) is 11.6. The highest BCUT2D eigenvalue weighted by molar-refractivity contribution is 6.35. The Labute approximate surface area is 213 Å². The highest BCUT2D eigenvalue weighted by Crippen LogP contribution is 2.28. The van der Waals surface area contributed by atoms with Gasteiger partial charge in [-0.15, -0.1) is 5.10 Å². The number of hydrogen-bond acceptors (Lipinski definition) is 5. The van der Waals surface area contributed by atoms with Crippen molar-refractivity contribution in [2.75, 3.05) is 5.32 Å². The van der Waals surface area contributed by atoms with E-state index in [0.29, 0.717) is 28.9 Å². The highest BCUT2D eigenvalue weighted by atomic mass is 35.5. The molecule has 0 saturated heterocycles. The summed E-state index contributed by atoms with van der Waals surface area (Å²) in [5.74, 6) is -1.66. The van der Waals surface area contributed by atoms with Gasteiger partial charge in [0.1, 0.15) is 11.6 Å². The maximum atomic E-state index is 14.0. The summed E-state index contributed by atoms with van der Waals surface area (Å²) in [6, 6.07) is 13.4. The smallest absolute Gasteiger partial charge is 0.194 e. The van der Waals surface area contributed by atoms with Crippen LogP contribution in [-0.4, -0.2) is 26.8 Å². The van der Waals surface area contributed by atoms with E-state index >= 15 is 0 Å². The van der Waals surface area contributed by atoms with E-state index in [-0.39, 0.29) is 22.5 Å². The van der Waals surface area contributed by atoms with Crippen LogP contribution in [0.25, 0.3) is 5.69 Å². The number of nitrogens with one attached hydrogen (secondary N) is 1. The number of carbonyl (C=O) groups excluding carboxylic acids is 1. The monoisotopic (exact) mass is 509 g/mol. The molecule has 4 rings (SSSR count). The van der Waals surface area contributed by atoms with Gasteiger partial charge in [-0.1, -0.05) is 36.2 Å². The van der Waals surface area contributed by atoms with Crippen molar-refractivity contribution >= 4 is 28.8 Å². The molecule has 0 aliphatic rings. The van der Waals surface area contributed by atoms with E-state index in [4.69, 9.17) is 17.3 Å². The summed E-state index contributed by atoms with van der Waals surface area (Å²) in [4.78, 5) is 13.4. The number of carbonyl (C=O) groups is 1. The number of benzene rings is 3. The Balaban J connectivity index is 1.56. The normalized spacial score (nSPS) is 11.9. The molecular formula is C27H26ClF2N5O. The fourth-order valence-corrected chi connectivity index (χ4v) is 4.19. The van der Waals surface area contributed by atoms with E-state index in [2.05, 4.69) is 22.6 Å². The Hall–Kier alpha value is -3.62. The third-order valence-electron chi connectivity index (χ3n) is 5.83. The predicted octanol–water partition coefficient (Wildman–Crippen LogP) is 6.15. The molecule has 0 spiro atoms. The average Bonchev–Trinajstić information content (AvgIpc) is 3.29. The minimum Gasteiger partial charge on any atom is -0.353 e. The van der Waals surface area contributed by atoms with Crippen molar-refractivity contribution in [3.63, 3.8) is 0 Å². The molecular weight excluding hydrogens is 484 g/mol. The van der Waals surface area contributed by atoms with Crippen molar-refractivity contribution < 1.29 is 13.6 Å². The predicted molar refractivity (Wildman–Crippen MR) is 137 cm³/mol. The molecule has 0 radical (unpaired) electrons. The molecule has 36 heavy (non-hydrogen) atoms. The number of rotatable bonds is 9. The molecule has 0 bridgehead atoms. The largest absolute Gasteiger partial charge is 0.353 e. The molecule has 3 N–H and O–H groups in total. The highest BCUT2D eigenvalue weighted by Gasteiger charge is 2.18. The first kappa shape index (κ1) is 25.5. The Morgan fingerprint density at radius 2 is 1.92 bits per heavy atom. The van der Waals surface area contributed by atoms with Crippen molar-refractivity contribution in [1.29, 1.82) is 0 Å². The maximum Gasteiger partial charge on any atom is 0.194 e. The third-order valence-corrected chi connectivity index (χ3v) is 6.14. The second kappa shape index (κ2) is 11.0. The summed E-state index contributed by atoms with van der Waals surface area (Å²) >= 11 is 6.44. The van der Waals surface area contributed by atoms with Crippen LogP contribution < -0.4 is 11.1 Å². The van der Waals surface area contributed by atoms with Crippen LogP contribution in [0.2, 0.25) is 5.02 Å². The third kappa shape index (κ3) is 5.78. The Morgan fingerprint density at radius 1 is 1.11 bits per heavy atom. The lowest BCUT2D eigenvalue weighted by molar-refractivity contribution is 0.103. The summed E-state index contributed by atoms with van der Waals surface area (Å²) in [6.07, 6.45) is 4.35. The van der Waals surface area contributed by atoms with E-state index in [1.807, 2.05) is 25.3 Å². The second-order valence-corrected chi connectivity index (χ2v) is 9.09. The van der Waals surface area contributed by atoms with Crippen LogP contribution in [0, 0.1) is 18.6 Å². The zero-order valence-corrected chi connectivity index (χ0v) is 20.7. The second-order valence-electron chi connectivity index (χ2n) is 8.68. The van der Waals surface area contributed by atoms with Gasteiger partial charge in [0.05, 0.1) is 28.3 Å². The summed E-state index contributed by atoms with van der Waals surface area (Å²) in [5, 5.41) is 11.5. The van der Waals surface area contributed by atoms with Gasteiger partial charge in [-0.25, -0.2) is 13.5 Å². The molecule has 6 nitrogen and oxygen atoms in total. The van der Waals surface area contributed by atoms with E-state index < -0.39 is 11.6 Å². The molecule has 4 aromatic rings. The topological polar surface area (TPSA) is 85.8 Å². The minimum atomic E-state index is -0.734. The molecule has 3 aromatic carbocycles. The van der Waals surface area contributed by atoms with Crippen LogP contribution in [-0.2, 0) is 6.42 Å². The van der Waals surface area contributed by atoms with Crippen LogP contribution in [0.1, 0.15) is 46.9 Å². The van der Waals surface area contributed by atoms with Gasteiger partial charge in [0.15, 0.2) is 5.78 Å². The lowest BCUT2D eigenvalue weighted by Gasteiger charge is -2.12. The SMILES string of the molecule is CCCC(N)Cc1cn(-c2ccc(C)c(C(=O)c3ccc(Nc4ccc(F)cc4F)cc3Cl)c2)nn1. The zero-order valence-electron chi connectivity index (χ0n) is 19.9. The molecule has 186 valence electrons. The van der Waals surface area contributed by atoms with Gasteiger partial charge in [0, 0.05) is 35.3 Å². The van der Waals surface area contributed by atoms with Crippen LogP contribution in [0.4, 0.5) is 20.2 Å². The fourth-order valence-electron chi connectivity index (χ4n) is 3.93. The number of nitrogens with two attached hydrogens (primary N) is 1. The fraction of sp³-hybridized carbons (Fsp3) is 0.222. The number of aromatic nitrogens is 3. The molecule has 0 amide bonds. The van der Waals surface area contributed by atoms with Gasteiger partial charge in [-0.2, -0.15) is 0 Å². The number of nitrogens with zero attached hydrogens (tertiary/aromatic N) is 3. The molecule has 0 aliphatic heterocycles. The van der Waals surface area contributed by atoms with Crippen molar-refractivity contribution in [2.45, 2.75) is 39.2 Å². The zero-order chi connectivity index (χ0) is 25.8. The molecule has 0 fully saturated rings. The first-order valence-corrected chi connectivity index (χ1v) is 12.0. The van der Waals surface area contributed by atoms with Crippen LogP contribution in [0.5, 0.6) is 0 Å². The number of anilines is 2. The van der Waals surface area contributed by atoms with Gasteiger partial charge in [0.2, 0.25) is 0 Å². The van der Waals surface area contributed by atoms with E-state index in [0.717, 1.165) is 36.2 Å². The quantitative estimate of drug-likeness (QED) is 0.264. The molecule has 1 atom stereocenters. The number of halogens is 3. The van der Waals surface area contributed by atoms with Gasteiger partial charge < -0.3 is 11.1 Å². The molecule has 0 saturated carbocycles. The van der Waals surface area contributed by atoms with Crippen LogP contribution in [0.3, 0.4) is 0 Å². The molecule has 1 aromatic heterocycles. The molecule has 1 unspecified atom stereocenters. The Kier molecular flexibility index (Phi) is 7.76. The van der Waals surface area contributed by atoms with Gasteiger partial charge in [-0.05, 0) is 61.4 Å². The number of aryl methyl sites for hydroxylation is 1. The maximum absolute atomic E-state index is 14.0. The van der Waals surface area contributed by atoms with Gasteiger partial charge >= 0.3 is 0 Å². The average molecular weight is 510 g/mol. The summed E-state index contributed by atoms with van der Waals surface area (Å²) in [5.41, 5.74) is 9.70. The molecule has 1 heterocycles. The first-order chi connectivity index (χ1) is 17.2. The van der Waals surface area contributed by atoms with E-state index in [1.165, 1.54) is 12.1 Å². The molecule has 0 aliphatic carbocycles. The number of ketones is 1. The van der Waals surface area contributed by atoms with E-state index in [9.17, 15) is 13.6 Å². The minimum absolute atomic E-state index is 0.0226. The summed E-state index contributed by atoms with van der Waals surface area (Å²) < 4.78 is 28.8. The van der Waals surface area contributed by atoms with Crippen LogP contribution >= 0.6 is 11.6 Å². The lowest BCUT2D eigenvalue weighted by Crippen LogP contribution is -2.22. The van der Waals surface area contributed by atoms with Crippen molar-refractivity contribution in [3.8, 4) is 5.69 Å². The van der Waals surface area contributed by atoms with Crippen LogP contribution in [0.15, 0.2) is 60.8 Å². The van der Waals surface area contributed by atoms with Gasteiger partial charge in [0.25, 0.3) is 0 Å². The molecule has 9 heteroatoms. The summed E-state index contributed by atoms with van der Waals surface area (Å²) in [6.45, 7) is 3.93. The van der Waals surface area contributed by atoms with Crippen molar-refractivity contribution in [3.05, 3.63) is 99.8 Å².